The molecule has 1 amide bonds. The molecule has 0 spiro atoms. The zero-order valence-corrected chi connectivity index (χ0v) is 12.3. The number of alkyl halides is 1. The SMILES string of the molecule is Cc1ccc([N+](=O)[O-])cc1C(=O)N1CCC(C)C(Cl)C1. The number of non-ortho nitro benzene ring substituents is 1. The number of halogens is 1. The highest BCUT2D eigenvalue weighted by molar-refractivity contribution is 6.21. The van der Waals surface area contributed by atoms with Crippen LogP contribution < -0.4 is 0 Å². The molecular formula is C14H17ClN2O3. The van der Waals surface area contributed by atoms with E-state index in [9.17, 15) is 14.9 Å². The predicted molar refractivity (Wildman–Crippen MR) is 77.2 cm³/mol. The van der Waals surface area contributed by atoms with Crippen molar-refractivity contribution in [3.05, 3.63) is 39.4 Å². The van der Waals surface area contributed by atoms with Crippen LogP contribution in [-0.4, -0.2) is 34.2 Å². The highest BCUT2D eigenvalue weighted by Crippen LogP contribution is 2.25. The molecule has 20 heavy (non-hydrogen) atoms. The average Bonchev–Trinajstić information content (AvgIpc) is 2.41. The van der Waals surface area contributed by atoms with E-state index in [0.29, 0.717) is 24.6 Å². The van der Waals surface area contributed by atoms with E-state index in [2.05, 4.69) is 6.92 Å². The molecule has 2 unspecified atom stereocenters. The van der Waals surface area contributed by atoms with Crippen LogP contribution >= 0.6 is 11.6 Å². The Morgan fingerprint density at radius 3 is 2.80 bits per heavy atom. The Morgan fingerprint density at radius 1 is 1.50 bits per heavy atom. The van der Waals surface area contributed by atoms with Gasteiger partial charge in [-0.3, -0.25) is 14.9 Å². The molecule has 1 aromatic rings. The molecule has 5 nitrogen and oxygen atoms in total. The van der Waals surface area contributed by atoms with Crippen LogP contribution in [0.15, 0.2) is 18.2 Å². The number of hydrogen-bond acceptors (Lipinski definition) is 3. The van der Waals surface area contributed by atoms with Crippen molar-refractivity contribution in [2.75, 3.05) is 13.1 Å². The number of aryl methyl sites for hydroxylation is 1. The molecule has 1 aliphatic heterocycles. The van der Waals surface area contributed by atoms with Crippen molar-refractivity contribution in [2.24, 2.45) is 5.92 Å². The first kappa shape index (κ1) is 14.8. The van der Waals surface area contributed by atoms with Gasteiger partial charge >= 0.3 is 0 Å². The summed E-state index contributed by atoms with van der Waals surface area (Å²) in [6.45, 7) is 4.98. The standard InChI is InChI=1S/C14H17ClN2O3/c1-9-3-4-11(17(19)20)7-12(9)14(18)16-6-5-10(2)13(15)8-16/h3-4,7,10,13H,5-6,8H2,1-2H3. The van der Waals surface area contributed by atoms with Gasteiger partial charge in [0.25, 0.3) is 11.6 Å². The smallest absolute Gasteiger partial charge is 0.270 e. The largest absolute Gasteiger partial charge is 0.337 e. The minimum Gasteiger partial charge on any atom is -0.337 e. The van der Waals surface area contributed by atoms with Crippen LogP contribution in [0.25, 0.3) is 0 Å². The van der Waals surface area contributed by atoms with Gasteiger partial charge in [-0.2, -0.15) is 0 Å². The number of piperidine rings is 1. The van der Waals surface area contributed by atoms with Crippen molar-refractivity contribution < 1.29 is 9.72 Å². The lowest BCUT2D eigenvalue weighted by molar-refractivity contribution is -0.384. The third-order valence-corrected chi connectivity index (χ3v) is 4.38. The van der Waals surface area contributed by atoms with Gasteiger partial charge in [-0.1, -0.05) is 13.0 Å². The average molecular weight is 297 g/mol. The number of carbonyl (C=O) groups excluding carboxylic acids is 1. The fourth-order valence-electron chi connectivity index (χ4n) is 2.33. The summed E-state index contributed by atoms with van der Waals surface area (Å²) in [5, 5.41) is 10.8. The second-order valence-corrected chi connectivity index (χ2v) is 5.85. The molecule has 1 heterocycles. The third kappa shape index (κ3) is 2.93. The quantitative estimate of drug-likeness (QED) is 0.479. The zero-order chi connectivity index (χ0) is 14.9. The summed E-state index contributed by atoms with van der Waals surface area (Å²) in [4.78, 5) is 24.5. The van der Waals surface area contributed by atoms with Gasteiger partial charge in [0.15, 0.2) is 0 Å². The van der Waals surface area contributed by atoms with Gasteiger partial charge < -0.3 is 4.90 Å². The Bertz CT molecular complexity index is 547. The minimum atomic E-state index is -0.487. The van der Waals surface area contributed by atoms with Gasteiger partial charge in [-0.05, 0) is 24.8 Å². The summed E-state index contributed by atoms with van der Waals surface area (Å²) in [6.07, 6.45) is 0.855. The summed E-state index contributed by atoms with van der Waals surface area (Å²) in [5.74, 6) is 0.204. The first-order valence-corrected chi connectivity index (χ1v) is 7.02. The molecule has 0 aromatic heterocycles. The number of benzene rings is 1. The monoisotopic (exact) mass is 296 g/mol. The molecule has 6 heteroatoms. The molecule has 1 fully saturated rings. The molecule has 0 N–H and O–H groups in total. The maximum absolute atomic E-state index is 12.5. The summed E-state index contributed by atoms with van der Waals surface area (Å²) in [7, 11) is 0. The van der Waals surface area contributed by atoms with Crippen molar-refractivity contribution in [1.29, 1.82) is 0 Å². The van der Waals surface area contributed by atoms with Gasteiger partial charge in [0.05, 0.1) is 10.3 Å². The summed E-state index contributed by atoms with van der Waals surface area (Å²) >= 11 is 6.21. The second kappa shape index (κ2) is 5.79. The predicted octanol–water partition coefficient (Wildman–Crippen LogP) is 2.99. The lowest BCUT2D eigenvalue weighted by Gasteiger charge is -2.34. The van der Waals surface area contributed by atoms with E-state index in [4.69, 9.17) is 11.6 Å². The van der Waals surface area contributed by atoms with Crippen molar-refractivity contribution in [3.8, 4) is 0 Å². The topological polar surface area (TPSA) is 63.5 Å². The van der Waals surface area contributed by atoms with E-state index in [-0.39, 0.29) is 17.0 Å². The van der Waals surface area contributed by atoms with E-state index < -0.39 is 4.92 Å². The third-order valence-electron chi connectivity index (χ3n) is 3.82. The summed E-state index contributed by atoms with van der Waals surface area (Å²) in [5.41, 5.74) is 1.06. The molecular weight excluding hydrogens is 280 g/mol. The number of nitro benzene ring substituents is 1. The Morgan fingerprint density at radius 2 is 2.20 bits per heavy atom. The molecule has 1 aliphatic rings. The number of hydrogen-bond donors (Lipinski definition) is 0. The van der Waals surface area contributed by atoms with Gasteiger partial charge in [0.1, 0.15) is 0 Å². The molecule has 108 valence electrons. The molecule has 0 aliphatic carbocycles. The van der Waals surface area contributed by atoms with Crippen LogP contribution in [0, 0.1) is 23.0 Å². The maximum atomic E-state index is 12.5. The molecule has 0 radical (unpaired) electrons. The molecule has 0 bridgehead atoms. The molecule has 0 saturated carbocycles. The van der Waals surface area contributed by atoms with Crippen LogP contribution in [-0.2, 0) is 0 Å². The van der Waals surface area contributed by atoms with Gasteiger partial charge in [0, 0.05) is 30.8 Å². The zero-order valence-electron chi connectivity index (χ0n) is 11.5. The van der Waals surface area contributed by atoms with Crippen LogP contribution in [0.3, 0.4) is 0 Å². The minimum absolute atomic E-state index is 0.0632. The lowest BCUT2D eigenvalue weighted by Crippen LogP contribution is -2.44. The van der Waals surface area contributed by atoms with Gasteiger partial charge in [-0.15, -0.1) is 11.6 Å². The Balaban J connectivity index is 2.25. The van der Waals surface area contributed by atoms with E-state index in [1.54, 1.807) is 17.9 Å². The summed E-state index contributed by atoms with van der Waals surface area (Å²) < 4.78 is 0. The van der Waals surface area contributed by atoms with Crippen LogP contribution in [0.1, 0.15) is 29.3 Å². The Labute approximate surface area is 122 Å². The van der Waals surface area contributed by atoms with E-state index in [0.717, 1.165) is 12.0 Å². The normalized spacial score (nSPS) is 22.6. The van der Waals surface area contributed by atoms with Crippen LogP contribution in [0.4, 0.5) is 5.69 Å². The highest BCUT2D eigenvalue weighted by atomic mass is 35.5. The second-order valence-electron chi connectivity index (χ2n) is 5.29. The summed E-state index contributed by atoms with van der Waals surface area (Å²) in [6, 6.07) is 4.36. The number of nitrogens with zero attached hydrogens (tertiary/aromatic N) is 2. The van der Waals surface area contributed by atoms with Crippen LogP contribution in [0.5, 0.6) is 0 Å². The molecule has 2 atom stereocenters. The number of likely N-dealkylation sites (tertiary alicyclic amines) is 1. The Hall–Kier alpha value is -1.62. The maximum Gasteiger partial charge on any atom is 0.270 e. The van der Waals surface area contributed by atoms with Crippen molar-refractivity contribution >= 4 is 23.2 Å². The molecule has 1 aromatic carbocycles. The first-order valence-electron chi connectivity index (χ1n) is 6.58. The van der Waals surface area contributed by atoms with E-state index in [1.165, 1.54) is 12.1 Å². The molecule has 2 rings (SSSR count). The number of rotatable bonds is 2. The van der Waals surface area contributed by atoms with Crippen LogP contribution in [0.2, 0.25) is 0 Å². The van der Waals surface area contributed by atoms with E-state index >= 15 is 0 Å². The fourth-order valence-corrected chi connectivity index (χ4v) is 2.62. The van der Waals surface area contributed by atoms with Gasteiger partial charge in [0.2, 0.25) is 0 Å². The van der Waals surface area contributed by atoms with Crippen molar-refractivity contribution in [3.63, 3.8) is 0 Å². The van der Waals surface area contributed by atoms with E-state index in [1.807, 2.05) is 0 Å². The molecule has 1 saturated heterocycles. The Kier molecular flexibility index (Phi) is 4.28. The van der Waals surface area contributed by atoms with Crippen molar-refractivity contribution in [1.82, 2.24) is 4.90 Å². The van der Waals surface area contributed by atoms with Gasteiger partial charge in [-0.25, -0.2) is 0 Å². The highest BCUT2D eigenvalue weighted by Gasteiger charge is 2.29. The number of nitro groups is 1. The number of amides is 1. The fraction of sp³-hybridized carbons (Fsp3) is 0.500. The lowest BCUT2D eigenvalue weighted by atomic mass is 9.97. The van der Waals surface area contributed by atoms with Crippen molar-refractivity contribution in [2.45, 2.75) is 25.6 Å². The number of carbonyl (C=O) groups is 1. The first-order chi connectivity index (χ1) is 9.40.